The van der Waals surface area contributed by atoms with E-state index in [1.165, 1.54) is 0 Å². The Labute approximate surface area is 163 Å². The third-order valence-corrected chi connectivity index (χ3v) is 5.67. The summed E-state index contributed by atoms with van der Waals surface area (Å²) < 4.78 is 5.57. The molecule has 27 heavy (non-hydrogen) atoms. The molecule has 0 spiro atoms. The largest absolute Gasteiger partial charge is 0.381 e. The number of benzene rings is 1. The molecule has 0 saturated carbocycles. The van der Waals surface area contributed by atoms with Gasteiger partial charge in [0.1, 0.15) is 0 Å². The fourth-order valence-electron chi connectivity index (χ4n) is 4.02. The van der Waals surface area contributed by atoms with Crippen molar-refractivity contribution in [2.24, 2.45) is 5.92 Å². The molecule has 1 unspecified atom stereocenters. The lowest BCUT2D eigenvalue weighted by atomic mass is 9.99. The Morgan fingerprint density at radius 3 is 2.67 bits per heavy atom. The van der Waals surface area contributed by atoms with Crippen LogP contribution < -0.4 is 10.2 Å². The molecule has 3 rings (SSSR count). The van der Waals surface area contributed by atoms with Gasteiger partial charge in [-0.25, -0.2) is 4.79 Å². The van der Waals surface area contributed by atoms with E-state index in [4.69, 9.17) is 4.74 Å². The van der Waals surface area contributed by atoms with Crippen LogP contribution in [0.15, 0.2) is 24.3 Å². The zero-order valence-electron chi connectivity index (χ0n) is 16.8. The van der Waals surface area contributed by atoms with Crippen molar-refractivity contribution in [2.45, 2.75) is 26.7 Å². The van der Waals surface area contributed by atoms with Crippen LogP contribution in [-0.2, 0) is 4.74 Å². The van der Waals surface area contributed by atoms with Crippen LogP contribution in [0.3, 0.4) is 0 Å². The molecule has 2 fully saturated rings. The zero-order valence-corrected chi connectivity index (χ0v) is 16.8. The third-order valence-electron chi connectivity index (χ3n) is 5.67. The first kappa shape index (κ1) is 20.0. The van der Waals surface area contributed by atoms with Crippen LogP contribution in [0.4, 0.5) is 16.2 Å². The standard InChI is InChI=1S/C21H34N4O2/c1-3-23-12-14-24(15-13-23)20-10-6-5-9-19(20)22-21(26)25-11-7-8-18(16-25)17-27-4-2/h5-6,9-10,18H,3-4,7-8,11-17H2,1-2H3,(H,22,26). The van der Waals surface area contributed by atoms with Gasteiger partial charge in [0, 0.05) is 51.8 Å². The van der Waals surface area contributed by atoms with Crippen LogP contribution >= 0.6 is 0 Å². The lowest BCUT2D eigenvalue weighted by Gasteiger charge is -2.37. The average Bonchev–Trinajstić information content (AvgIpc) is 2.73. The van der Waals surface area contributed by atoms with Crippen LogP contribution in [0.2, 0.25) is 0 Å². The maximum Gasteiger partial charge on any atom is 0.321 e. The van der Waals surface area contributed by atoms with E-state index < -0.39 is 0 Å². The Balaban J connectivity index is 1.61. The van der Waals surface area contributed by atoms with Crippen LogP contribution in [0.1, 0.15) is 26.7 Å². The summed E-state index contributed by atoms with van der Waals surface area (Å²) >= 11 is 0. The van der Waals surface area contributed by atoms with Crippen molar-refractivity contribution in [3.8, 4) is 0 Å². The van der Waals surface area contributed by atoms with Gasteiger partial charge >= 0.3 is 6.03 Å². The number of nitrogens with one attached hydrogen (secondary N) is 1. The summed E-state index contributed by atoms with van der Waals surface area (Å²) in [7, 11) is 0. The second-order valence-electron chi connectivity index (χ2n) is 7.48. The van der Waals surface area contributed by atoms with Crippen LogP contribution in [0.25, 0.3) is 0 Å². The number of para-hydroxylation sites is 2. The number of likely N-dealkylation sites (N-methyl/N-ethyl adjacent to an activating group) is 1. The quantitative estimate of drug-likeness (QED) is 0.831. The topological polar surface area (TPSA) is 48.1 Å². The van der Waals surface area contributed by atoms with Crippen molar-refractivity contribution in [1.82, 2.24) is 9.80 Å². The molecule has 150 valence electrons. The molecule has 0 radical (unpaired) electrons. The average molecular weight is 375 g/mol. The van der Waals surface area contributed by atoms with E-state index in [0.717, 1.165) is 83.2 Å². The molecule has 1 atom stereocenters. The highest BCUT2D eigenvalue weighted by Crippen LogP contribution is 2.27. The number of likely N-dealkylation sites (tertiary alicyclic amines) is 1. The summed E-state index contributed by atoms with van der Waals surface area (Å²) in [6, 6.07) is 8.19. The fourth-order valence-corrected chi connectivity index (χ4v) is 4.02. The second-order valence-corrected chi connectivity index (χ2v) is 7.48. The Morgan fingerprint density at radius 1 is 1.15 bits per heavy atom. The van der Waals surface area contributed by atoms with E-state index in [2.05, 4.69) is 34.2 Å². The highest BCUT2D eigenvalue weighted by atomic mass is 16.5. The first-order valence-corrected chi connectivity index (χ1v) is 10.4. The van der Waals surface area contributed by atoms with Gasteiger partial charge in [-0.3, -0.25) is 0 Å². The van der Waals surface area contributed by atoms with Gasteiger partial charge in [-0.15, -0.1) is 0 Å². The summed E-state index contributed by atoms with van der Waals surface area (Å²) in [5.41, 5.74) is 2.05. The summed E-state index contributed by atoms with van der Waals surface area (Å²) in [5.74, 6) is 0.446. The highest BCUT2D eigenvalue weighted by Gasteiger charge is 2.25. The van der Waals surface area contributed by atoms with E-state index in [1.807, 2.05) is 24.0 Å². The normalized spacial score (nSPS) is 21.3. The second kappa shape index (κ2) is 9.95. The number of amides is 2. The van der Waals surface area contributed by atoms with Crippen molar-refractivity contribution in [3.63, 3.8) is 0 Å². The van der Waals surface area contributed by atoms with Gasteiger partial charge in [0.15, 0.2) is 0 Å². The van der Waals surface area contributed by atoms with Crippen molar-refractivity contribution >= 4 is 17.4 Å². The molecule has 1 N–H and O–H groups in total. The molecule has 2 saturated heterocycles. The Kier molecular flexibility index (Phi) is 7.35. The summed E-state index contributed by atoms with van der Waals surface area (Å²) in [5, 5.41) is 3.17. The van der Waals surface area contributed by atoms with Gasteiger partial charge in [-0.2, -0.15) is 0 Å². The van der Waals surface area contributed by atoms with Gasteiger partial charge in [0.25, 0.3) is 0 Å². The molecule has 6 nitrogen and oxygen atoms in total. The maximum absolute atomic E-state index is 12.9. The van der Waals surface area contributed by atoms with Crippen molar-refractivity contribution in [1.29, 1.82) is 0 Å². The SMILES string of the molecule is CCOCC1CCCN(C(=O)Nc2ccccc2N2CCN(CC)CC2)C1. The molecule has 2 aliphatic rings. The van der Waals surface area contributed by atoms with E-state index in [9.17, 15) is 4.79 Å². The fraction of sp³-hybridized carbons (Fsp3) is 0.667. The Bertz CT molecular complexity index is 602. The number of ether oxygens (including phenoxy) is 1. The number of hydrogen-bond donors (Lipinski definition) is 1. The lowest BCUT2D eigenvalue weighted by molar-refractivity contribution is 0.0777. The number of carbonyl (C=O) groups is 1. The number of nitrogens with zero attached hydrogens (tertiary/aromatic N) is 3. The minimum atomic E-state index is 0.0100. The number of piperidine rings is 1. The highest BCUT2D eigenvalue weighted by molar-refractivity contribution is 5.93. The van der Waals surface area contributed by atoms with Gasteiger partial charge in [0.2, 0.25) is 0 Å². The molecule has 2 amide bonds. The van der Waals surface area contributed by atoms with E-state index in [0.29, 0.717) is 5.92 Å². The molecule has 2 aliphatic heterocycles. The minimum Gasteiger partial charge on any atom is -0.381 e. The molecule has 2 heterocycles. The predicted molar refractivity (Wildman–Crippen MR) is 111 cm³/mol. The monoisotopic (exact) mass is 374 g/mol. The molecule has 6 heteroatoms. The van der Waals surface area contributed by atoms with Crippen LogP contribution in [0.5, 0.6) is 0 Å². The lowest BCUT2D eigenvalue weighted by Crippen LogP contribution is -2.47. The van der Waals surface area contributed by atoms with E-state index in [1.54, 1.807) is 0 Å². The van der Waals surface area contributed by atoms with Crippen molar-refractivity contribution < 1.29 is 9.53 Å². The Hall–Kier alpha value is -1.79. The van der Waals surface area contributed by atoms with Gasteiger partial charge in [0.05, 0.1) is 18.0 Å². The predicted octanol–water partition coefficient (Wildman–Crippen LogP) is 3.11. The van der Waals surface area contributed by atoms with Crippen LogP contribution in [0, 0.1) is 5.92 Å². The summed E-state index contributed by atoms with van der Waals surface area (Å²) in [6.07, 6.45) is 2.19. The molecule has 0 aliphatic carbocycles. The van der Waals surface area contributed by atoms with Crippen LogP contribution in [-0.4, -0.2) is 74.9 Å². The molecular formula is C21H34N4O2. The number of rotatable bonds is 6. The first-order valence-electron chi connectivity index (χ1n) is 10.4. The molecule has 0 aromatic heterocycles. The molecule has 0 bridgehead atoms. The number of hydrogen-bond acceptors (Lipinski definition) is 4. The van der Waals surface area contributed by atoms with Gasteiger partial charge in [-0.1, -0.05) is 19.1 Å². The Morgan fingerprint density at radius 2 is 1.93 bits per heavy atom. The van der Waals surface area contributed by atoms with E-state index in [-0.39, 0.29) is 6.03 Å². The maximum atomic E-state index is 12.9. The number of carbonyl (C=O) groups excluding carboxylic acids is 1. The van der Waals surface area contributed by atoms with Gasteiger partial charge < -0.3 is 24.8 Å². The number of urea groups is 1. The summed E-state index contributed by atoms with van der Waals surface area (Å²) in [4.78, 5) is 19.7. The van der Waals surface area contributed by atoms with E-state index >= 15 is 0 Å². The number of anilines is 2. The first-order chi connectivity index (χ1) is 13.2. The minimum absolute atomic E-state index is 0.0100. The summed E-state index contributed by atoms with van der Waals surface area (Å²) in [6.45, 7) is 12.6. The molecule has 1 aromatic rings. The van der Waals surface area contributed by atoms with Crippen molar-refractivity contribution in [3.05, 3.63) is 24.3 Å². The third kappa shape index (κ3) is 5.36. The molecular weight excluding hydrogens is 340 g/mol. The molecule has 1 aromatic carbocycles. The smallest absolute Gasteiger partial charge is 0.321 e. The zero-order chi connectivity index (χ0) is 19.1. The van der Waals surface area contributed by atoms with Gasteiger partial charge in [-0.05, 0) is 38.4 Å². The number of piperazine rings is 1. The van der Waals surface area contributed by atoms with Crippen molar-refractivity contribution in [2.75, 3.05) is 69.2 Å².